The lowest BCUT2D eigenvalue weighted by Crippen LogP contribution is -2.41. The summed E-state index contributed by atoms with van der Waals surface area (Å²) >= 11 is 4.80. The van der Waals surface area contributed by atoms with Crippen LogP contribution in [0, 0.1) is 5.92 Å². The Hall–Kier alpha value is -0.680. The molecule has 0 saturated heterocycles. The number of carbonyl (C=O) groups excluding carboxylic acids is 1. The number of amides is 1. The second kappa shape index (κ2) is 7.59. The number of carbonyl (C=O) groups is 1. The van der Waals surface area contributed by atoms with Crippen LogP contribution in [0.1, 0.15) is 20.8 Å². The SMILES string of the molecule is CCOCCN(CC)C(=O)C(C)C(N)=S. The lowest BCUT2D eigenvalue weighted by atomic mass is 10.1. The fourth-order valence-corrected chi connectivity index (χ4v) is 1.24. The van der Waals surface area contributed by atoms with Crippen molar-refractivity contribution in [3.8, 4) is 0 Å². The number of ether oxygens (including phenoxy) is 1. The van der Waals surface area contributed by atoms with Gasteiger partial charge in [-0.3, -0.25) is 4.79 Å². The molecule has 1 atom stereocenters. The number of hydrogen-bond acceptors (Lipinski definition) is 3. The Morgan fingerprint density at radius 3 is 2.53 bits per heavy atom. The third-order valence-corrected chi connectivity index (χ3v) is 2.55. The summed E-state index contributed by atoms with van der Waals surface area (Å²) in [4.78, 5) is 13.8. The molecule has 0 fully saturated rings. The van der Waals surface area contributed by atoms with Crippen LogP contribution in [0.15, 0.2) is 0 Å². The highest BCUT2D eigenvalue weighted by molar-refractivity contribution is 7.80. The van der Waals surface area contributed by atoms with Gasteiger partial charge in [-0.25, -0.2) is 0 Å². The number of likely N-dealkylation sites (N-methyl/N-ethyl adjacent to an activating group) is 1. The van der Waals surface area contributed by atoms with Crippen LogP contribution in [0.2, 0.25) is 0 Å². The number of nitrogens with zero attached hydrogens (tertiary/aromatic N) is 1. The first kappa shape index (κ1) is 14.3. The average molecular weight is 232 g/mol. The Morgan fingerprint density at radius 2 is 2.13 bits per heavy atom. The molecule has 0 aromatic rings. The second-order valence-corrected chi connectivity index (χ2v) is 3.71. The van der Waals surface area contributed by atoms with Gasteiger partial charge < -0.3 is 15.4 Å². The van der Waals surface area contributed by atoms with Crippen molar-refractivity contribution < 1.29 is 9.53 Å². The summed E-state index contributed by atoms with van der Waals surface area (Å²) in [5, 5.41) is 0. The van der Waals surface area contributed by atoms with Crippen LogP contribution in [-0.4, -0.2) is 42.1 Å². The summed E-state index contributed by atoms with van der Waals surface area (Å²) in [6, 6.07) is 0. The van der Waals surface area contributed by atoms with E-state index < -0.39 is 0 Å². The van der Waals surface area contributed by atoms with Crippen LogP contribution in [0.5, 0.6) is 0 Å². The van der Waals surface area contributed by atoms with Crippen LogP contribution >= 0.6 is 12.2 Å². The van der Waals surface area contributed by atoms with Crippen molar-refractivity contribution in [1.29, 1.82) is 0 Å². The van der Waals surface area contributed by atoms with Crippen LogP contribution in [0.4, 0.5) is 0 Å². The Balaban J connectivity index is 4.15. The van der Waals surface area contributed by atoms with E-state index in [9.17, 15) is 4.79 Å². The van der Waals surface area contributed by atoms with Crippen molar-refractivity contribution in [1.82, 2.24) is 4.90 Å². The molecule has 1 unspecified atom stereocenters. The molecule has 1 amide bonds. The van der Waals surface area contributed by atoms with Crippen molar-refractivity contribution >= 4 is 23.1 Å². The smallest absolute Gasteiger partial charge is 0.232 e. The summed E-state index contributed by atoms with van der Waals surface area (Å²) in [5.41, 5.74) is 5.44. The van der Waals surface area contributed by atoms with Gasteiger partial charge in [0.2, 0.25) is 5.91 Å². The molecular weight excluding hydrogens is 212 g/mol. The molecule has 0 aliphatic carbocycles. The van der Waals surface area contributed by atoms with E-state index in [1.807, 2.05) is 13.8 Å². The molecule has 0 rings (SSSR count). The average Bonchev–Trinajstić information content (AvgIpc) is 2.22. The molecule has 0 heterocycles. The first-order valence-corrected chi connectivity index (χ1v) is 5.61. The van der Waals surface area contributed by atoms with Gasteiger partial charge in [0, 0.05) is 19.7 Å². The molecule has 4 nitrogen and oxygen atoms in total. The molecule has 0 saturated carbocycles. The normalized spacial score (nSPS) is 12.2. The van der Waals surface area contributed by atoms with Crippen LogP contribution in [-0.2, 0) is 9.53 Å². The fourth-order valence-electron chi connectivity index (χ4n) is 1.14. The van der Waals surface area contributed by atoms with Crippen molar-refractivity contribution in [2.24, 2.45) is 11.7 Å². The van der Waals surface area contributed by atoms with Gasteiger partial charge in [0.15, 0.2) is 0 Å². The minimum Gasteiger partial charge on any atom is -0.393 e. The van der Waals surface area contributed by atoms with E-state index in [-0.39, 0.29) is 16.8 Å². The largest absolute Gasteiger partial charge is 0.393 e. The number of rotatable bonds is 7. The van der Waals surface area contributed by atoms with Gasteiger partial charge >= 0.3 is 0 Å². The molecule has 0 aromatic carbocycles. The van der Waals surface area contributed by atoms with Gasteiger partial charge in [-0.1, -0.05) is 12.2 Å². The summed E-state index contributed by atoms with van der Waals surface area (Å²) < 4.78 is 5.20. The second-order valence-electron chi connectivity index (χ2n) is 3.24. The number of hydrogen-bond donors (Lipinski definition) is 1. The third kappa shape index (κ3) is 5.09. The molecular formula is C10H20N2O2S. The fraction of sp³-hybridized carbons (Fsp3) is 0.800. The zero-order valence-corrected chi connectivity index (χ0v) is 10.5. The molecule has 2 N–H and O–H groups in total. The lowest BCUT2D eigenvalue weighted by Gasteiger charge is -2.23. The topological polar surface area (TPSA) is 55.6 Å². The molecule has 0 bridgehead atoms. The van der Waals surface area contributed by atoms with E-state index in [0.29, 0.717) is 26.3 Å². The summed E-state index contributed by atoms with van der Waals surface area (Å²) in [6.07, 6.45) is 0. The van der Waals surface area contributed by atoms with Gasteiger partial charge in [-0.2, -0.15) is 0 Å². The van der Waals surface area contributed by atoms with Gasteiger partial charge in [0.05, 0.1) is 17.5 Å². The molecule has 88 valence electrons. The van der Waals surface area contributed by atoms with Crippen molar-refractivity contribution in [2.75, 3.05) is 26.3 Å². The predicted octanol–water partition coefficient (Wildman–Crippen LogP) is 0.794. The number of thiocarbonyl (C=S) groups is 1. The maximum absolute atomic E-state index is 11.8. The Labute approximate surface area is 96.8 Å². The van der Waals surface area contributed by atoms with E-state index in [0.717, 1.165) is 0 Å². The number of nitrogens with two attached hydrogens (primary N) is 1. The monoisotopic (exact) mass is 232 g/mol. The molecule has 0 radical (unpaired) electrons. The van der Waals surface area contributed by atoms with Crippen molar-refractivity contribution in [3.63, 3.8) is 0 Å². The standard InChI is InChI=1S/C10H20N2O2S/c1-4-12(6-7-14-5-2)10(13)8(3)9(11)15/h8H,4-7H2,1-3H3,(H2,11,15). The summed E-state index contributed by atoms with van der Waals surface area (Å²) in [7, 11) is 0. The predicted molar refractivity (Wildman–Crippen MR) is 64.7 cm³/mol. The highest BCUT2D eigenvalue weighted by Gasteiger charge is 2.20. The van der Waals surface area contributed by atoms with E-state index in [4.69, 9.17) is 22.7 Å². The lowest BCUT2D eigenvalue weighted by molar-refractivity contribution is -0.133. The van der Waals surface area contributed by atoms with E-state index in [1.165, 1.54) is 0 Å². The highest BCUT2D eigenvalue weighted by Crippen LogP contribution is 2.03. The minimum absolute atomic E-state index is 0.0234. The van der Waals surface area contributed by atoms with Gasteiger partial charge in [-0.15, -0.1) is 0 Å². The van der Waals surface area contributed by atoms with Gasteiger partial charge in [0.1, 0.15) is 0 Å². The molecule has 15 heavy (non-hydrogen) atoms. The molecule has 5 heteroatoms. The third-order valence-electron chi connectivity index (χ3n) is 2.20. The quantitative estimate of drug-likeness (QED) is 0.521. The van der Waals surface area contributed by atoms with E-state index >= 15 is 0 Å². The first-order valence-electron chi connectivity index (χ1n) is 5.20. The molecule has 0 aromatic heterocycles. The van der Waals surface area contributed by atoms with Crippen LogP contribution in [0.25, 0.3) is 0 Å². The molecule has 0 aliphatic heterocycles. The zero-order chi connectivity index (χ0) is 11.8. The highest BCUT2D eigenvalue weighted by atomic mass is 32.1. The Kier molecular flexibility index (Phi) is 7.25. The molecule has 0 spiro atoms. The van der Waals surface area contributed by atoms with Crippen LogP contribution in [0.3, 0.4) is 0 Å². The first-order chi connectivity index (χ1) is 7.04. The van der Waals surface area contributed by atoms with E-state index in [2.05, 4.69) is 0 Å². The maximum Gasteiger partial charge on any atom is 0.232 e. The summed E-state index contributed by atoms with van der Waals surface area (Å²) in [5.74, 6) is -0.411. The van der Waals surface area contributed by atoms with Crippen LogP contribution < -0.4 is 5.73 Å². The van der Waals surface area contributed by atoms with Gasteiger partial charge in [0.25, 0.3) is 0 Å². The van der Waals surface area contributed by atoms with E-state index in [1.54, 1.807) is 11.8 Å². The maximum atomic E-state index is 11.8. The minimum atomic E-state index is -0.387. The summed E-state index contributed by atoms with van der Waals surface area (Å²) in [6.45, 7) is 8.05. The van der Waals surface area contributed by atoms with Crippen molar-refractivity contribution in [3.05, 3.63) is 0 Å². The Bertz CT molecular complexity index is 221. The molecule has 0 aliphatic rings. The van der Waals surface area contributed by atoms with Crippen molar-refractivity contribution in [2.45, 2.75) is 20.8 Å². The Morgan fingerprint density at radius 1 is 1.53 bits per heavy atom. The zero-order valence-electron chi connectivity index (χ0n) is 9.66. The van der Waals surface area contributed by atoms with Gasteiger partial charge in [-0.05, 0) is 20.8 Å².